The number of hydrogen-bond acceptors (Lipinski definition) is 7. The highest BCUT2D eigenvalue weighted by Gasteiger charge is 2.13. The Morgan fingerprint density at radius 3 is 2.82 bits per heavy atom. The topological polar surface area (TPSA) is 80.2 Å². The van der Waals surface area contributed by atoms with Gasteiger partial charge in [0.2, 0.25) is 0 Å². The van der Waals surface area contributed by atoms with Crippen molar-refractivity contribution in [3.05, 3.63) is 29.5 Å². The van der Waals surface area contributed by atoms with Gasteiger partial charge in [-0.1, -0.05) is 0 Å². The van der Waals surface area contributed by atoms with Gasteiger partial charge in [-0.15, -0.1) is 11.3 Å². The number of nitrogens with zero attached hydrogens (tertiary/aromatic N) is 3. The fraction of sp³-hybridized carbons (Fsp3) is 0.267. The first-order chi connectivity index (χ1) is 10.7. The average molecular weight is 316 g/mol. The van der Waals surface area contributed by atoms with Gasteiger partial charge < -0.3 is 15.2 Å². The van der Waals surface area contributed by atoms with Gasteiger partial charge in [0.15, 0.2) is 0 Å². The zero-order valence-corrected chi connectivity index (χ0v) is 13.1. The second kappa shape index (κ2) is 6.25. The van der Waals surface area contributed by atoms with Crippen molar-refractivity contribution < 1.29 is 9.84 Å². The zero-order chi connectivity index (χ0) is 15.5. The molecule has 6 nitrogen and oxygen atoms in total. The molecule has 0 amide bonds. The van der Waals surface area contributed by atoms with Crippen molar-refractivity contribution in [1.29, 1.82) is 0 Å². The number of rotatable bonds is 5. The van der Waals surface area contributed by atoms with Gasteiger partial charge in [-0.3, -0.25) is 0 Å². The Bertz CT molecular complexity index is 803. The number of thiazole rings is 1. The van der Waals surface area contributed by atoms with Crippen LogP contribution in [0.15, 0.2) is 24.7 Å². The summed E-state index contributed by atoms with van der Waals surface area (Å²) in [6.07, 6.45) is 3.34. The molecule has 114 valence electrons. The minimum Gasteiger partial charge on any atom is -0.489 e. The van der Waals surface area contributed by atoms with Gasteiger partial charge >= 0.3 is 0 Å². The standard InChI is InChI=1S/C15H16N4O2S/c1-9-7-17-15(22-9)10-5-11-13(12(6-10)21-4-3-20)18-8-19-14(11)16-2/h5-8,20H,3-4H2,1-2H3,(H,16,18,19). The van der Waals surface area contributed by atoms with Crippen molar-refractivity contribution in [2.45, 2.75) is 6.92 Å². The fourth-order valence-electron chi connectivity index (χ4n) is 2.21. The molecule has 0 aliphatic heterocycles. The van der Waals surface area contributed by atoms with Crippen LogP contribution in [0.3, 0.4) is 0 Å². The largest absolute Gasteiger partial charge is 0.489 e. The van der Waals surface area contributed by atoms with E-state index in [0.29, 0.717) is 11.3 Å². The molecule has 0 bridgehead atoms. The number of aliphatic hydroxyl groups excluding tert-OH is 1. The first kappa shape index (κ1) is 14.7. The third-order valence-corrected chi connectivity index (χ3v) is 4.12. The zero-order valence-electron chi connectivity index (χ0n) is 12.3. The number of hydrogen-bond donors (Lipinski definition) is 2. The molecule has 0 unspecified atom stereocenters. The van der Waals surface area contributed by atoms with Crippen LogP contribution in [-0.2, 0) is 0 Å². The molecular formula is C15H16N4O2S. The minimum atomic E-state index is -0.0496. The number of aromatic nitrogens is 3. The smallest absolute Gasteiger partial charge is 0.146 e. The number of ether oxygens (including phenoxy) is 1. The van der Waals surface area contributed by atoms with E-state index in [9.17, 15) is 0 Å². The lowest BCUT2D eigenvalue weighted by Crippen LogP contribution is -2.04. The van der Waals surface area contributed by atoms with Crippen LogP contribution >= 0.6 is 11.3 Å². The molecule has 2 N–H and O–H groups in total. The predicted molar refractivity (Wildman–Crippen MR) is 87.5 cm³/mol. The third kappa shape index (κ3) is 2.72. The molecule has 0 radical (unpaired) electrons. The lowest BCUT2D eigenvalue weighted by molar-refractivity contribution is 0.202. The Morgan fingerprint density at radius 2 is 2.14 bits per heavy atom. The number of benzene rings is 1. The third-order valence-electron chi connectivity index (χ3n) is 3.16. The molecular weight excluding hydrogens is 300 g/mol. The van der Waals surface area contributed by atoms with Gasteiger partial charge in [-0.05, 0) is 19.1 Å². The summed E-state index contributed by atoms with van der Waals surface area (Å²) in [6, 6.07) is 3.91. The Balaban J connectivity index is 2.21. The van der Waals surface area contributed by atoms with Crippen molar-refractivity contribution in [3.63, 3.8) is 0 Å². The van der Waals surface area contributed by atoms with Gasteiger partial charge in [-0.25, -0.2) is 15.0 Å². The highest BCUT2D eigenvalue weighted by atomic mass is 32.1. The van der Waals surface area contributed by atoms with Crippen molar-refractivity contribution in [3.8, 4) is 16.3 Å². The molecule has 3 aromatic rings. The molecule has 0 saturated heterocycles. The fourth-order valence-corrected chi connectivity index (χ4v) is 2.96. The van der Waals surface area contributed by atoms with E-state index in [0.717, 1.165) is 26.7 Å². The normalized spacial score (nSPS) is 10.9. The van der Waals surface area contributed by atoms with Gasteiger partial charge in [0.1, 0.15) is 35.0 Å². The Labute approximate surface area is 131 Å². The monoisotopic (exact) mass is 316 g/mol. The number of nitrogens with one attached hydrogen (secondary N) is 1. The van der Waals surface area contributed by atoms with Crippen LogP contribution < -0.4 is 10.1 Å². The summed E-state index contributed by atoms with van der Waals surface area (Å²) in [6.45, 7) is 2.19. The highest BCUT2D eigenvalue weighted by Crippen LogP contribution is 2.35. The number of aliphatic hydroxyl groups is 1. The van der Waals surface area contributed by atoms with E-state index in [1.54, 1.807) is 11.3 Å². The molecule has 22 heavy (non-hydrogen) atoms. The molecule has 0 aliphatic rings. The highest BCUT2D eigenvalue weighted by molar-refractivity contribution is 7.14. The van der Waals surface area contributed by atoms with Crippen molar-refractivity contribution in [1.82, 2.24) is 15.0 Å². The van der Waals surface area contributed by atoms with E-state index in [1.807, 2.05) is 32.3 Å². The van der Waals surface area contributed by atoms with Crippen LogP contribution in [0.5, 0.6) is 5.75 Å². The van der Waals surface area contributed by atoms with E-state index in [2.05, 4.69) is 20.3 Å². The summed E-state index contributed by atoms with van der Waals surface area (Å²) < 4.78 is 5.65. The van der Waals surface area contributed by atoms with E-state index < -0.39 is 0 Å². The summed E-state index contributed by atoms with van der Waals surface area (Å²) in [5.74, 6) is 1.35. The summed E-state index contributed by atoms with van der Waals surface area (Å²) in [5.41, 5.74) is 1.66. The van der Waals surface area contributed by atoms with Crippen LogP contribution in [0.1, 0.15) is 4.88 Å². The maximum atomic E-state index is 9.01. The molecule has 7 heteroatoms. The molecule has 0 fully saturated rings. The molecule has 3 rings (SSSR count). The molecule has 0 saturated carbocycles. The second-order valence-electron chi connectivity index (χ2n) is 4.69. The van der Waals surface area contributed by atoms with Gasteiger partial charge in [-0.2, -0.15) is 0 Å². The van der Waals surface area contributed by atoms with E-state index in [-0.39, 0.29) is 13.2 Å². The molecule has 1 aromatic carbocycles. The lowest BCUT2D eigenvalue weighted by atomic mass is 10.1. The van der Waals surface area contributed by atoms with Crippen LogP contribution in [-0.4, -0.2) is 40.3 Å². The van der Waals surface area contributed by atoms with Crippen LogP contribution in [0.2, 0.25) is 0 Å². The van der Waals surface area contributed by atoms with Gasteiger partial charge in [0.25, 0.3) is 0 Å². The lowest BCUT2D eigenvalue weighted by Gasteiger charge is -2.11. The Hall–Kier alpha value is -2.25. The Morgan fingerprint density at radius 1 is 1.27 bits per heavy atom. The molecule has 0 aliphatic carbocycles. The van der Waals surface area contributed by atoms with Gasteiger partial charge in [0.05, 0.1) is 6.61 Å². The first-order valence-corrected chi connectivity index (χ1v) is 7.67. The molecule has 2 aromatic heterocycles. The number of fused-ring (bicyclic) bond motifs is 1. The van der Waals surface area contributed by atoms with Gasteiger partial charge in [0, 0.05) is 29.1 Å². The molecule has 0 atom stereocenters. The van der Waals surface area contributed by atoms with E-state index in [4.69, 9.17) is 9.84 Å². The van der Waals surface area contributed by atoms with Crippen LogP contribution in [0.4, 0.5) is 5.82 Å². The van der Waals surface area contributed by atoms with E-state index in [1.165, 1.54) is 6.33 Å². The van der Waals surface area contributed by atoms with Crippen LogP contribution in [0.25, 0.3) is 21.5 Å². The van der Waals surface area contributed by atoms with Crippen molar-refractivity contribution in [2.75, 3.05) is 25.6 Å². The number of aryl methyl sites for hydroxylation is 1. The minimum absolute atomic E-state index is 0.0496. The summed E-state index contributed by atoms with van der Waals surface area (Å²) >= 11 is 1.62. The molecule has 0 spiro atoms. The summed E-state index contributed by atoms with van der Waals surface area (Å²) in [5, 5.41) is 13.9. The van der Waals surface area contributed by atoms with Crippen LogP contribution in [0, 0.1) is 6.92 Å². The van der Waals surface area contributed by atoms with Crippen molar-refractivity contribution >= 4 is 28.1 Å². The van der Waals surface area contributed by atoms with E-state index >= 15 is 0 Å². The summed E-state index contributed by atoms with van der Waals surface area (Å²) in [7, 11) is 1.82. The predicted octanol–water partition coefficient (Wildman–Crippen LogP) is 2.47. The quantitative estimate of drug-likeness (QED) is 0.753. The summed E-state index contributed by atoms with van der Waals surface area (Å²) in [4.78, 5) is 14.1. The second-order valence-corrected chi connectivity index (χ2v) is 5.93. The first-order valence-electron chi connectivity index (χ1n) is 6.86. The Kier molecular flexibility index (Phi) is 4.17. The molecule has 2 heterocycles. The number of anilines is 1. The van der Waals surface area contributed by atoms with Crippen molar-refractivity contribution in [2.24, 2.45) is 0 Å². The average Bonchev–Trinajstić information content (AvgIpc) is 2.98. The maximum absolute atomic E-state index is 9.01. The SMILES string of the molecule is CNc1ncnc2c(OCCO)cc(-c3ncc(C)s3)cc12. The maximum Gasteiger partial charge on any atom is 0.146 e.